The summed E-state index contributed by atoms with van der Waals surface area (Å²) in [6.45, 7) is 17.4. The molecule has 2 aliphatic heterocycles. The minimum atomic E-state index is -0.752. The molecule has 0 amide bonds. The molecule has 0 saturated carbocycles. The maximum absolute atomic E-state index is 6.58. The first-order valence-electron chi connectivity index (χ1n) is 11.3. The van der Waals surface area contributed by atoms with E-state index < -0.39 is 5.79 Å². The number of ether oxygens (including phenoxy) is 2. The number of rotatable bonds is 7. The fraction of sp³-hybridized carbons (Fsp3) is 0.692. The van der Waals surface area contributed by atoms with E-state index in [2.05, 4.69) is 78.8 Å². The van der Waals surface area contributed by atoms with Gasteiger partial charge in [-0.15, -0.1) is 0 Å². The molecule has 2 rings (SSSR count). The van der Waals surface area contributed by atoms with Gasteiger partial charge in [0.15, 0.2) is 0 Å². The number of hydrogen-bond acceptors (Lipinski definition) is 3. The SMILES string of the molecule is CC=C[C@@H]1O[C@]2(C=C(C)C[C@H](/C=C(\C)CCC(C)C(C)(C)N)O2)C=C(CC)[C@@H]1C. The van der Waals surface area contributed by atoms with Crippen molar-refractivity contribution in [2.24, 2.45) is 17.6 Å². The molecule has 0 aromatic rings. The number of nitrogens with two attached hydrogens (primary N) is 1. The molecule has 3 heteroatoms. The molecule has 2 heterocycles. The van der Waals surface area contributed by atoms with Crippen LogP contribution < -0.4 is 5.73 Å². The summed E-state index contributed by atoms with van der Waals surface area (Å²) < 4.78 is 13.1. The second-order valence-electron chi connectivity index (χ2n) is 9.82. The summed E-state index contributed by atoms with van der Waals surface area (Å²) in [4.78, 5) is 0. The standard InChI is InChI=1S/C26H43NO2/c1-9-11-24-21(6)22(10-2)17-26(29-24)16-19(4)15-23(28-26)14-18(3)12-13-20(5)25(7,8)27/h9,11,14,16-17,20-21,23-24H,10,12-13,15,27H2,1-8H3/b11-9?,18-14+/t20?,21-,23-,24-,26+/m0/s1. The molecule has 2 aliphatic rings. The molecule has 1 spiro atoms. The van der Waals surface area contributed by atoms with Crippen molar-refractivity contribution in [3.63, 3.8) is 0 Å². The van der Waals surface area contributed by atoms with Gasteiger partial charge in [0.05, 0.1) is 12.2 Å². The quantitative estimate of drug-likeness (QED) is 0.497. The lowest BCUT2D eigenvalue weighted by Gasteiger charge is -2.44. The van der Waals surface area contributed by atoms with Gasteiger partial charge in [0.2, 0.25) is 5.79 Å². The predicted molar refractivity (Wildman–Crippen MR) is 124 cm³/mol. The van der Waals surface area contributed by atoms with Crippen molar-refractivity contribution in [3.05, 3.63) is 47.1 Å². The van der Waals surface area contributed by atoms with Crippen LogP contribution in [0.4, 0.5) is 0 Å². The van der Waals surface area contributed by atoms with Crippen LogP contribution in [0.1, 0.15) is 81.1 Å². The van der Waals surface area contributed by atoms with E-state index in [-0.39, 0.29) is 17.7 Å². The molecule has 0 aliphatic carbocycles. The predicted octanol–water partition coefficient (Wildman–Crippen LogP) is 6.47. The van der Waals surface area contributed by atoms with E-state index in [1.54, 1.807) is 0 Å². The molecular weight excluding hydrogens is 358 g/mol. The van der Waals surface area contributed by atoms with E-state index in [0.29, 0.717) is 11.8 Å². The highest BCUT2D eigenvalue weighted by Gasteiger charge is 2.41. The van der Waals surface area contributed by atoms with E-state index in [9.17, 15) is 0 Å². The molecule has 3 nitrogen and oxygen atoms in total. The average Bonchev–Trinajstić information content (AvgIpc) is 2.61. The Morgan fingerprint density at radius 3 is 2.62 bits per heavy atom. The average molecular weight is 402 g/mol. The Hall–Kier alpha value is -1.16. The first-order chi connectivity index (χ1) is 13.5. The minimum Gasteiger partial charge on any atom is -0.335 e. The van der Waals surface area contributed by atoms with Crippen LogP contribution in [0.15, 0.2) is 47.1 Å². The Morgan fingerprint density at radius 2 is 2.03 bits per heavy atom. The molecule has 0 saturated heterocycles. The van der Waals surface area contributed by atoms with Crippen LogP contribution in [0.5, 0.6) is 0 Å². The molecule has 0 bridgehead atoms. The Labute approximate surface area is 179 Å². The van der Waals surface area contributed by atoms with Crippen molar-refractivity contribution in [1.29, 1.82) is 0 Å². The Kier molecular flexibility index (Phi) is 8.12. The molecule has 0 radical (unpaired) electrons. The second-order valence-corrected chi connectivity index (χ2v) is 9.82. The van der Waals surface area contributed by atoms with Crippen LogP contribution >= 0.6 is 0 Å². The van der Waals surface area contributed by atoms with Crippen LogP contribution in [0.2, 0.25) is 0 Å². The first kappa shape index (κ1) is 24.1. The third-order valence-corrected chi connectivity index (χ3v) is 6.59. The lowest BCUT2D eigenvalue weighted by Crippen LogP contribution is -2.46. The van der Waals surface area contributed by atoms with Gasteiger partial charge in [0.1, 0.15) is 0 Å². The van der Waals surface area contributed by atoms with Gasteiger partial charge in [-0.3, -0.25) is 0 Å². The smallest absolute Gasteiger partial charge is 0.209 e. The van der Waals surface area contributed by atoms with E-state index in [4.69, 9.17) is 15.2 Å². The van der Waals surface area contributed by atoms with Gasteiger partial charge < -0.3 is 15.2 Å². The molecule has 0 fully saturated rings. The molecule has 2 N–H and O–H groups in total. The maximum Gasteiger partial charge on any atom is 0.209 e. The van der Waals surface area contributed by atoms with Gasteiger partial charge in [-0.05, 0) is 78.4 Å². The number of hydrogen-bond donors (Lipinski definition) is 1. The molecule has 29 heavy (non-hydrogen) atoms. The van der Waals surface area contributed by atoms with Crippen molar-refractivity contribution in [2.75, 3.05) is 0 Å². The van der Waals surface area contributed by atoms with E-state index in [0.717, 1.165) is 25.7 Å². The summed E-state index contributed by atoms with van der Waals surface area (Å²) in [6, 6.07) is 0. The van der Waals surface area contributed by atoms with Gasteiger partial charge in [-0.25, -0.2) is 0 Å². The summed E-state index contributed by atoms with van der Waals surface area (Å²) in [5.41, 5.74) is 10.2. The zero-order valence-corrected chi connectivity index (χ0v) is 19.9. The highest BCUT2D eigenvalue weighted by atomic mass is 16.7. The molecule has 1 unspecified atom stereocenters. The van der Waals surface area contributed by atoms with E-state index >= 15 is 0 Å². The molecule has 0 aromatic heterocycles. The molecule has 164 valence electrons. The highest BCUT2D eigenvalue weighted by Crippen LogP contribution is 2.40. The molecule has 0 aromatic carbocycles. The third kappa shape index (κ3) is 6.41. The summed E-state index contributed by atoms with van der Waals surface area (Å²) in [5, 5.41) is 0. The van der Waals surface area contributed by atoms with Crippen LogP contribution in [-0.2, 0) is 9.47 Å². The lowest BCUT2D eigenvalue weighted by atomic mass is 9.85. The van der Waals surface area contributed by atoms with Crippen molar-refractivity contribution >= 4 is 0 Å². The van der Waals surface area contributed by atoms with Crippen LogP contribution in [0.3, 0.4) is 0 Å². The van der Waals surface area contributed by atoms with Crippen molar-refractivity contribution in [2.45, 2.75) is 105 Å². The fourth-order valence-corrected chi connectivity index (χ4v) is 4.25. The molecular formula is C26H43NO2. The van der Waals surface area contributed by atoms with Gasteiger partial charge in [-0.1, -0.05) is 55.7 Å². The summed E-state index contributed by atoms with van der Waals surface area (Å²) in [6.07, 6.45) is 15.1. The Bertz CT molecular complexity index is 679. The fourth-order valence-electron chi connectivity index (χ4n) is 4.25. The Balaban J connectivity index is 2.19. The maximum atomic E-state index is 6.58. The summed E-state index contributed by atoms with van der Waals surface area (Å²) in [7, 11) is 0. The van der Waals surface area contributed by atoms with Gasteiger partial charge >= 0.3 is 0 Å². The topological polar surface area (TPSA) is 44.5 Å². The minimum absolute atomic E-state index is 0.0372. The van der Waals surface area contributed by atoms with Gasteiger partial charge in [0.25, 0.3) is 0 Å². The zero-order valence-electron chi connectivity index (χ0n) is 19.9. The van der Waals surface area contributed by atoms with E-state index in [1.807, 2.05) is 6.92 Å². The van der Waals surface area contributed by atoms with Crippen LogP contribution in [0, 0.1) is 11.8 Å². The van der Waals surface area contributed by atoms with E-state index in [1.165, 1.54) is 16.7 Å². The third-order valence-electron chi connectivity index (χ3n) is 6.59. The monoisotopic (exact) mass is 401 g/mol. The molecule has 5 atom stereocenters. The lowest BCUT2D eigenvalue weighted by molar-refractivity contribution is -0.222. The van der Waals surface area contributed by atoms with Crippen LogP contribution in [0.25, 0.3) is 0 Å². The van der Waals surface area contributed by atoms with Crippen molar-refractivity contribution in [1.82, 2.24) is 0 Å². The number of allylic oxidation sites excluding steroid dienone is 2. The highest BCUT2D eigenvalue weighted by molar-refractivity contribution is 5.28. The first-order valence-corrected chi connectivity index (χ1v) is 11.3. The van der Waals surface area contributed by atoms with Crippen LogP contribution in [-0.4, -0.2) is 23.5 Å². The van der Waals surface area contributed by atoms with Crippen molar-refractivity contribution < 1.29 is 9.47 Å². The van der Waals surface area contributed by atoms with Crippen molar-refractivity contribution in [3.8, 4) is 0 Å². The summed E-state index contributed by atoms with van der Waals surface area (Å²) in [5.74, 6) is 0.0991. The van der Waals surface area contributed by atoms with Gasteiger partial charge in [0, 0.05) is 11.5 Å². The largest absolute Gasteiger partial charge is 0.335 e. The zero-order chi connectivity index (χ0) is 21.8. The summed E-state index contributed by atoms with van der Waals surface area (Å²) >= 11 is 0. The normalized spacial score (nSPS) is 32.4. The Morgan fingerprint density at radius 1 is 1.34 bits per heavy atom. The van der Waals surface area contributed by atoms with Gasteiger partial charge in [-0.2, -0.15) is 0 Å². The second kappa shape index (κ2) is 9.76.